The SMILES string of the molecule is CCCCCCCCCCCCCCCCCCOC(=O)C(C)NC(C)=O. The van der Waals surface area contributed by atoms with Crippen molar-refractivity contribution >= 4 is 11.9 Å². The molecule has 0 aliphatic heterocycles. The van der Waals surface area contributed by atoms with Gasteiger partial charge in [-0.25, -0.2) is 4.79 Å². The van der Waals surface area contributed by atoms with Gasteiger partial charge in [-0.1, -0.05) is 103 Å². The summed E-state index contributed by atoms with van der Waals surface area (Å²) in [5.41, 5.74) is 0. The van der Waals surface area contributed by atoms with E-state index in [1.54, 1.807) is 6.92 Å². The number of carbonyl (C=O) groups excluding carboxylic acids is 2. The standard InChI is InChI=1S/C23H45NO3/c1-4-5-6-7-8-9-10-11-12-13-14-15-16-17-18-19-20-27-23(26)21(2)24-22(3)25/h21H,4-20H2,1-3H3,(H,24,25). The molecule has 0 saturated carbocycles. The summed E-state index contributed by atoms with van der Waals surface area (Å²) in [7, 11) is 0. The van der Waals surface area contributed by atoms with Crippen LogP contribution in [0.25, 0.3) is 0 Å². The van der Waals surface area contributed by atoms with Crippen LogP contribution in [0.5, 0.6) is 0 Å². The second-order valence-electron chi connectivity index (χ2n) is 7.89. The third kappa shape index (κ3) is 19.5. The van der Waals surface area contributed by atoms with Crippen LogP contribution in [0.2, 0.25) is 0 Å². The van der Waals surface area contributed by atoms with E-state index in [9.17, 15) is 9.59 Å². The molecule has 160 valence electrons. The monoisotopic (exact) mass is 383 g/mol. The van der Waals surface area contributed by atoms with E-state index < -0.39 is 6.04 Å². The maximum Gasteiger partial charge on any atom is 0.328 e. The summed E-state index contributed by atoms with van der Waals surface area (Å²) in [4.78, 5) is 22.5. The van der Waals surface area contributed by atoms with Crippen molar-refractivity contribution in [2.45, 2.75) is 130 Å². The van der Waals surface area contributed by atoms with Gasteiger partial charge in [0.1, 0.15) is 6.04 Å². The molecule has 0 rings (SSSR count). The third-order valence-electron chi connectivity index (χ3n) is 5.02. The van der Waals surface area contributed by atoms with Gasteiger partial charge in [0.2, 0.25) is 5.91 Å². The number of nitrogens with one attached hydrogen (secondary N) is 1. The Bertz CT molecular complexity index is 358. The first-order chi connectivity index (χ1) is 13.1. The Balaban J connectivity index is 3.19. The summed E-state index contributed by atoms with van der Waals surface area (Å²) in [6, 6.07) is -0.552. The van der Waals surface area contributed by atoms with Crippen LogP contribution in [0.3, 0.4) is 0 Å². The molecule has 0 fully saturated rings. The molecule has 1 N–H and O–H groups in total. The third-order valence-corrected chi connectivity index (χ3v) is 5.02. The number of carbonyl (C=O) groups is 2. The summed E-state index contributed by atoms with van der Waals surface area (Å²) >= 11 is 0. The number of ether oxygens (including phenoxy) is 1. The quantitative estimate of drug-likeness (QED) is 0.210. The van der Waals surface area contributed by atoms with E-state index in [4.69, 9.17) is 4.74 Å². The summed E-state index contributed by atoms with van der Waals surface area (Å²) in [6.45, 7) is 5.79. The molecule has 0 aromatic carbocycles. The van der Waals surface area contributed by atoms with Crippen LogP contribution in [-0.4, -0.2) is 24.5 Å². The molecule has 0 aromatic rings. The molecule has 1 amide bonds. The fraction of sp³-hybridized carbons (Fsp3) is 0.913. The van der Waals surface area contributed by atoms with Gasteiger partial charge in [-0.2, -0.15) is 0 Å². The minimum atomic E-state index is -0.552. The molecule has 0 heterocycles. The molecule has 0 spiro atoms. The van der Waals surface area contributed by atoms with Crippen LogP contribution in [0.1, 0.15) is 124 Å². The van der Waals surface area contributed by atoms with E-state index in [-0.39, 0.29) is 11.9 Å². The number of amides is 1. The molecular weight excluding hydrogens is 338 g/mol. The first kappa shape index (κ1) is 25.9. The van der Waals surface area contributed by atoms with Crippen molar-refractivity contribution in [1.29, 1.82) is 0 Å². The molecule has 0 aromatic heterocycles. The molecule has 1 atom stereocenters. The topological polar surface area (TPSA) is 55.4 Å². The van der Waals surface area contributed by atoms with Crippen molar-refractivity contribution < 1.29 is 14.3 Å². The molecule has 0 radical (unpaired) electrons. The Hall–Kier alpha value is -1.06. The van der Waals surface area contributed by atoms with Gasteiger partial charge in [0, 0.05) is 6.92 Å². The molecule has 1 unspecified atom stereocenters. The van der Waals surface area contributed by atoms with E-state index >= 15 is 0 Å². The van der Waals surface area contributed by atoms with E-state index in [2.05, 4.69) is 12.2 Å². The summed E-state index contributed by atoms with van der Waals surface area (Å²) < 4.78 is 5.17. The highest BCUT2D eigenvalue weighted by Gasteiger charge is 2.14. The van der Waals surface area contributed by atoms with Crippen LogP contribution in [0.15, 0.2) is 0 Å². The lowest BCUT2D eigenvalue weighted by molar-refractivity contribution is -0.147. The average molecular weight is 384 g/mol. The van der Waals surface area contributed by atoms with Gasteiger partial charge in [0.05, 0.1) is 6.61 Å². The fourth-order valence-electron chi connectivity index (χ4n) is 3.31. The van der Waals surface area contributed by atoms with Gasteiger partial charge in [-0.15, -0.1) is 0 Å². The zero-order chi connectivity index (χ0) is 20.2. The van der Waals surface area contributed by atoms with Gasteiger partial charge >= 0.3 is 5.97 Å². The first-order valence-electron chi connectivity index (χ1n) is 11.5. The van der Waals surface area contributed by atoms with Crippen molar-refractivity contribution in [1.82, 2.24) is 5.32 Å². The van der Waals surface area contributed by atoms with E-state index in [1.807, 2.05) is 0 Å². The summed E-state index contributed by atoms with van der Waals surface area (Å²) in [6.07, 6.45) is 21.3. The van der Waals surface area contributed by atoms with Crippen molar-refractivity contribution in [2.75, 3.05) is 6.61 Å². The average Bonchev–Trinajstić information content (AvgIpc) is 2.63. The van der Waals surface area contributed by atoms with Crippen molar-refractivity contribution in [3.05, 3.63) is 0 Å². The molecule has 0 aliphatic rings. The number of hydrogen-bond donors (Lipinski definition) is 1. The van der Waals surface area contributed by atoms with Crippen molar-refractivity contribution in [2.24, 2.45) is 0 Å². The normalized spacial score (nSPS) is 12.0. The second kappa shape index (κ2) is 19.7. The van der Waals surface area contributed by atoms with E-state index in [0.717, 1.165) is 12.8 Å². The lowest BCUT2D eigenvalue weighted by atomic mass is 10.0. The lowest BCUT2D eigenvalue weighted by Gasteiger charge is -2.11. The highest BCUT2D eigenvalue weighted by atomic mass is 16.5. The fourth-order valence-corrected chi connectivity index (χ4v) is 3.31. The second-order valence-corrected chi connectivity index (χ2v) is 7.89. The van der Waals surface area contributed by atoms with Gasteiger partial charge < -0.3 is 10.1 Å². The minimum absolute atomic E-state index is 0.207. The smallest absolute Gasteiger partial charge is 0.328 e. The molecular formula is C23H45NO3. The Kier molecular flexibility index (Phi) is 18.9. The highest BCUT2D eigenvalue weighted by molar-refractivity contribution is 5.82. The molecule has 4 heteroatoms. The number of hydrogen-bond acceptors (Lipinski definition) is 3. The van der Waals surface area contributed by atoms with Gasteiger partial charge in [0.25, 0.3) is 0 Å². The molecule has 4 nitrogen and oxygen atoms in total. The summed E-state index contributed by atoms with van der Waals surface area (Å²) in [5.74, 6) is -0.548. The number of esters is 1. The van der Waals surface area contributed by atoms with Crippen molar-refractivity contribution in [3.8, 4) is 0 Å². The van der Waals surface area contributed by atoms with Crippen LogP contribution in [0, 0.1) is 0 Å². The summed E-state index contributed by atoms with van der Waals surface area (Å²) in [5, 5.41) is 2.54. The number of rotatable bonds is 19. The Labute approximate surface area is 168 Å². The molecule has 27 heavy (non-hydrogen) atoms. The van der Waals surface area contributed by atoms with Crippen molar-refractivity contribution in [3.63, 3.8) is 0 Å². The Morgan fingerprint density at radius 3 is 1.44 bits per heavy atom. The van der Waals surface area contributed by atoms with Crippen LogP contribution in [0.4, 0.5) is 0 Å². The Morgan fingerprint density at radius 1 is 0.704 bits per heavy atom. The molecule has 0 saturated heterocycles. The maximum absolute atomic E-state index is 11.6. The van der Waals surface area contributed by atoms with Crippen LogP contribution in [-0.2, 0) is 14.3 Å². The van der Waals surface area contributed by atoms with Crippen LogP contribution >= 0.6 is 0 Å². The van der Waals surface area contributed by atoms with E-state index in [1.165, 1.54) is 96.8 Å². The Morgan fingerprint density at radius 2 is 1.07 bits per heavy atom. The number of unbranched alkanes of at least 4 members (excludes halogenated alkanes) is 15. The highest BCUT2D eigenvalue weighted by Crippen LogP contribution is 2.13. The van der Waals surface area contributed by atoms with Gasteiger partial charge in [-0.05, 0) is 13.3 Å². The molecule has 0 aliphatic carbocycles. The predicted molar refractivity (Wildman–Crippen MR) is 114 cm³/mol. The molecule has 0 bridgehead atoms. The van der Waals surface area contributed by atoms with Crippen LogP contribution < -0.4 is 5.32 Å². The lowest BCUT2D eigenvalue weighted by Crippen LogP contribution is -2.38. The first-order valence-corrected chi connectivity index (χ1v) is 11.5. The minimum Gasteiger partial charge on any atom is -0.464 e. The largest absolute Gasteiger partial charge is 0.464 e. The predicted octanol–water partition coefficient (Wildman–Crippen LogP) is 6.32. The van der Waals surface area contributed by atoms with Gasteiger partial charge in [-0.3, -0.25) is 4.79 Å². The zero-order valence-corrected chi connectivity index (χ0v) is 18.3. The maximum atomic E-state index is 11.6. The zero-order valence-electron chi connectivity index (χ0n) is 18.3. The van der Waals surface area contributed by atoms with E-state index in [0.29, 0.717) is 6.61 Å². The van der Waals surface area contributed by atoms with Gasteiger partial charge in [0.15, 0.2) is 0 Å².